The quantitative estimate of drug-likeness (QED) is 0.847. The van der Waals surface area contributed by atoms with E-state index in [2.05, 4.69) is 5.32 Å². The monoisotopic (exact) mass is 243 g/mol. The van der Waals surface area contributed by atoms with E-state index < -0.39 is 0 Å². The van der Waals surface area contributed by atoms with Gasteiger partial charge in [-0.3, -0.25) is 0 Å². The number of methoxy groups -OCH3 is 1. The minimum Gasteiger partial charge on any atom is -0.508 e. The van der Waals surface area contributed by atoms with Crippen LogP contribution >= 0.6 is 0 Å². The van der Waals surface area contributed by atoms with Crippen molar-refractivity contribution in [2.24, 2.45) is 0 Å². The molecule has 18 heavy (non-hydrogen) atoms. The molecule has 94 valence electrons. The third-order valence-electron chi connectivity index (χ3n) is 2.74. The van der Waals surface area contributed by atoms with Crippen molar-refractivity contribution >= 4 is 5.69 Å². The van der Waals surface area contributed by atoms with E-state index in [0.29, 0.717) is 12.4 Å². The van der Waals surface area contributed by atoms with Crippen LogP contribution in [0.3, 0.4) is 0 Å². The van der Waals surface area contributed by atoms with Crippen molar-refractivity contribution in [1.29, 1.82) is 0 Å². The molecule has 0 aliphatic heterocycles. The first-order valence-corrected chi connectivity index (χ1v) is 5.88. The van der Waals surface area contributed by atoms with Crippen LogP contribution in [0, 0.1) is 0 Å². The fraction of sp³-hybridized carbons (Fsp3) is 0.200. The maximum absolute atomic E-state index is 9.22. The van der Waals surface area contributed by atoms with Crippen molar-refractivity contribution in [3.63, 3.8) is 0 Å². The number of phenolic OH excluding ortho intramolecular Hbond substituents is 1. The number of ether oxygens (including phenoxy) is 1. The third-order valence-corrected chi connectivity index (χ3v) is 2.74. The largest absolute Gasteiger partial charge is 0.508 e. The van der Waals surface area contributed by atoms with Crippen LogP contribution in [0.5, 0.6) is 5.75 Å². The van der Waals surface area contributed by atoms with Gasteiger partial charge in [-0.2, -0.15) is 0 Å². The number of hydrogen-bond donors (Lipinski definition) is 2. The summed E-state index contributed by atoms with van der Waals surface area (Å²) in [4.78, 5) is 0. The maximum Gasteiger partial charge on any atom is 0.115 e. The molecule has 0 unspecified atom stereocenters. The molecule has 0 atom stereocenters. The van der Waals surface area contributed by atoms with Crippen molar-refractivity contribution in [1.82, 2.24) is 0 Å². The van der Waals surface area contributed by atoms with Crippen LogP contribution in [0.1, 0.15) is 11.1 Å². The van der Waals surface area contributed by atoms with Gasteiger partial charge in [0.2, 0.25) is 0 Å². The second-order valence-electron chi connectivity index (χ2n) is 4.11. The number of aromatic hydroxyl groups is 1. The summed E-state index contributed by atoms with van der Waals surface area (Å²) in [6.07, 6.45) is 0. The Bertz CT molecular complexity index is 494. The molecule has 2 aromatic carbocycles. The molecule has 3 heteroatoms. The summed E-state index contributed by atoms with van der Waals surface area (Å²) in [5.41, 5.74) is 3.34. The van der Waals surface area contributed by atoms with Gasteiger partial charge in [0.05, 0.1) is 6.61 Å². The molecular formula is C15H17NO2. The van der Waals surface area contributed by atoms with Crippen LogP contribution in [0.25, 0.3) is 0 Å². The summed E-state index contributed by atoms with van der Waals surface area (Å²) < 4.78 is 5.16. The van der Waals surface area contributed by atoms with Crippen molar-refractivity contribution in [2.45, 2.75) is 13.2 Å². The molecule has 0 fully saturated rings. The predicted octanol–water partition coefficient (Wildman–Crippen LogP) is 3.15. The second-order valence-corrected chi connectivity index (χ2v) is 4.11. The molecule has 3 nitrogen and oxygen atoms in total. The van der Waals surface area contributed by atoms with E-state index in [1.807, 2.05) is 36.4 Å². The molecule has 2 rings (SSSR count). The Morgan fingerprint density at radius 2 is 1.78 bits per heavy atom. The normalized spacial score (nSPS) is 10.3. The molecule has 2 aromatic rings. The Hall–Kier alpha value is -2.00. The van der Waals surface area contributed by atoms with Gasteiger partial charge >= 0.3 is 0 Å². The van der Waals surface area contributed by atoms with Crippen LogP contribution in [-0.4, -0.2) is 12.2 Å². The average molecular weight is 243 g/mol. The number of rotatable bonds is 5. The number of nitrogens with one attached hydrogen (secondary N) is 1. The number of hydrogen-bond acceptors (Lipinski definition) is 3. The van der Waals surface area contributed by atoms with Crippen molar-refractivity contribution in [3.8, 4) is 5.75 Å². The van der Waals surface area contributed by atoms with Gasteiger partial charge in [0, 0.05) is 24.9 Å². The van der Waals surface area contributed by atoms with Crippen molar-refractivity contribution < 1.29 is 9.84 Å². The number of anilines is 1. The Morgan fingerprint density at radius 3 is 2.50 bits per heavy atom. The SMILES string of the molecule is COCc1ccccc1NCc1ccc(O)cc1. The fourth-order valence-electron chi connectivity index (χ4n) is 1.79. The Balaban J connectivity index is 2.03. The highest BCUT2D eigenvalue weighted by Gasteiger charge is 2.01. The van der Waals surface area contributed by atoms with Gasteiger partial charge in [-0.15, -0.1) is 0 Å². The first-order valence-electron chi connectivity index (χ1n) is 5.88. The van der Waals surface area contributed by atoms with Gasteiger partial charge in [-0.05, 0) is 23.8 Å². The lowest BCUT2D eigenvalue weighted by Gasteiger charge is -2.11. The zero-order chi connectivity index (χ0) is 12.8. The third kappa shape index (κ3) is 3.25. The standard InChI is InChI=1S/C15H17NO2/c1-18-11-13-4-2-3-5-15(13)16-10-12-6-8-14(17)9-7-12/h2-9,16-17H,10-11H2,1H3. The summed E-state index contributed by atoms with van der Waals surface area (Å²) in [6.45, 7) is 1.32. The molecule has 0 heterocycles. The number of phenols is 1. The molecule has 0 spiro atoms. The lowest BCUT2D eigenvalue weighted by atomic mass is 10.1. The van der Waals surface area contributed by atoms with Gasteiger partial charge in [0.25, 0.3) is 0 Å². The van der Waals surface area contributed by atoms with E-state index in [-0.39, 0.29) is 0 Å². The lowest BCUT2D eigenvalue weighted by molar-refractivity contribution is 0.185. The second kappa shape index (κ2) is 6.07. The minimum absolute atomic E-state index is 0.290. The Morgan fingerprint density at radius 1 is 1.06 bits per heavy atom. The van der Waals surface area contributed by atoms with Crippen LogP contribution in [0.2, 0.25) is 0 Å². The van der Waals surface area contributed by atoms with E-state index in [0.717, 1.165) is 23.4 Å². The first kappa shape index (κ1) is 12.5. The molecule has 0 bridgehead atoms. The molecular weight excluding hydrogens is 226 g/mol. The summed E-state index contributed by atoms with van der Waals surface area (Å²) in [7, 11) is 1.69. The lowest BCUT2D eigenvalue weighted by Crippen LogP contribution is -2.02. The highest BCUT2D eigenvalue weighted by molar-refractivity contribution is 5.51. The molecule has 0 radical (unpaired) electrons. The molecule has 0 aliphatic carbocycles. The number of para-hydroxylation sites is 1. The van der Waals surface area contributed by atoms with E-state index in [1.54, 1.807) is 19.2 Å². The van der Waals surface area contributed by atoms with Gasteiger partial charge < -0.3 is 15.2 Å². The molecule has 0 saturated heterocycles. The predicted molar refractivity (Wildman–Crippen MR) is 72.6 cm³/mol. The van der Waals surface area contributed by atoms with Crippen LogP contribution in [0.15, 0.2) is 48.5 Å². The van der Waals surface area contributed by atoms with Crippen molar-refractivity contribution in [3.05, 3.63) is 59.7 Å². The molecule has 2 N–H and O–H groups in total. The van der Waals surface area contributed by atoms with Gasteiger partial charge in [0.1, 0.15) is 5.75 Å². The smallest absolute Gasteiger partial charge is 0.115 e. The highest BCUT2D eigenvalue weighted by Crippen LogP contribution is 2.17. The minimum atomic E-state index is 0.290. The summed E-state index contributed by atoms with van der Waals surface area (Å²) in [5.74, 6) is 0.290. The topological polar surface area (TPSA) is 41.5 Å². The Labute approximate surface area is 107 Å². The first-order chi connectivity index (χ1) is 8.79. The zero-order valence-electron chi connectivity index (χ0n) is 10.4. The highest BCUT2D eigenvalue weighted by atomic mass is 16.5. The van der Waals surface area contributed by atoms with Gasteiger partial charge in [0.15, 0.2) is 0 Å². The summed E-state index contributed by atoms with van der Waals surface area (Å²) in [5, 5.41) is 12.6. The zero-order valence-corrected chi connectivity index (χ0v) is 10.4. The van der Waals surface area contributed by atoms with Crippen LogP contribution in [0.4, 0.5) is 5.69 Å². The van der Waals surface area contributed by atoms with Gasteiger partial charge in [-0.25, -0.2) is 0 Å². The van der Waals surface area contributed by atoms with Crippen LogP contribution in [-0.2, 0) is 17.9 Å². The molecule has 0 aliphatic rings. The van der Waals surface area contributed by atoms with Gasteiger partial charge in [-0.1, -0.05) is 30.3 Å². The molecule has 0 amide bonds. The maximum atomic E-state index is 9.22. The average Bonchev–Trinajstić information content (AvgIpc) is 2.40. The summed E-state index contributed by atoms with van der Waals surface area (Å²) >= 11 is 0. The number of benzene rings is 2. The van der Waals surface area contributed by atoms with Crippen molar-refractivity contribution in [2.75, 3.05) is 12.4 Å². The van der Waals surface area contributed by atoms with E-state index in [9.17, 15) is 5.11 Å². The Kier molecular flexibility index (Phi) is 4.20. The summed E-state index contributed by atoms with van der Waals surface area (Å²) in [6, 6.07) is 15.3. The van der Waals surface area contributed by atoms with E-state index in [4.69, 9.17) is 4.74 Å². The molecule has 0 saturated carbocycles. The fourth-order valence-corrected chi connectivity index (χ4v) is 1.79. The van der Waals surface area contributed by atoms with E-state index in [1.165, 1.54) is 0 Å². The van der Waals surface area contributed by atoms with Crippen LogP contribution < -0.4 is 5.32 Å². The van der Waals surface area contributed by atoms with E-state index >= 15 is 0 Å². The molecule has 0 aromatic heterocycles.